The summed E-state index contributed by atoms with van der Waals surface area (Å²) < 4.78 is 6.86. The van der Waals surface area contributed by atoms with Gasteiger partial charge in [0.15, 0.2) is 11.5 Å². The molecule has 27 heavy (non-hydrogen) atoms. The van der Waals surface area contributed by atoms with Crippen molar-refractivity contribution in [3.63, 3.8) is 0 Å². The maximum atomic E-state index is 12.6. The fourth-order valence-corrected chi connectivity index (χ4v) is 2.86. The Kier molecular flexibility index (Phi) is 5.61. The molecule has 0 atom stereocenters. The second kappa shape index (κ2) is 8.09. The third kappa shape index (κ3) is 3.88. The normalized spacial score (nSPS) is 11.2. The molecular weight excluding hydrogens is 368 g/mol. The summed E-state index contributed by atoms with van der Waals surface area (Å²) in [5.41, 5.74) is 3.89. The average molecular weight is 387 g/mol. The molecule has 0 fully saturated rings. The van der Waals surface area contributed by atoms with Crippen molar-refractivity contribution in [2.45, 2.75) is 20.4 Å². The van der Waals surface area contributed by atoms with Crippen molar-refractivity contribution in [2.75, 3.05) is 12.0 Å². The number of ether oxygens (including phenoxy) is 1. The summed E-state index contributed by atoms with van der Waals surface area (Å²) in [5.74, 6) is 0.507. The van der Waals surface area contributed by atoms with Gasteiger partial charge in [-0.05, 0) is 43.7 Å². The van der Waals surface area contributed by atoms with Crippen molar-refractivity contribution in [2.24, 2.45) is 5.10 Å². The van der Waals surface area contributed by atoms with Crippen LogP contribution in [0.2, 0.25) is 5.02 Å². The molecule has 0 bridgehead atoms. The number of halogens is 1. The van der Waals surface area contributed by atoms with E-state index in [1.165, 1.54) is 10.8 Å². The standard InChI is InChI=1S/C19H19ClN4O3/c1-3-24-18(26)13-7-5-6-8-15(13)22-19(24)23-21-11-12-9-14(20)17(25)16(10-12)27-4-2/h5-11,25H,3-4H2,1-2H3,(H,22,23)/b21-11+. The number of fused-ring (bicyclic) bond motifs is 1. The number of aromatic nitrogens is 2. The van der Waals surface area contributed by atoms with Crippen LogP contribution in [0.4, 0.5) is 5.95 Å². The van der Waals surface area contributed by atoms with E-state index in [9.17, 15) is 9.90 Å². The van der Waals surface area contributed by atoms with E-state index in [1.807, 2.05) is 19.9 Å². The zero-order chi connectivity index (χ0) is 19.4. The Morgan fingerprint density at radius 1 is 1.33 bits per heavy atom. The van der Waals surface area contributed by atoms with Crippen LogP contribution in [0, 0.1) is 0 Å². The summed E-state index contributed by atoms with van der Waals surface area (Å²) in [6, 6.07) is 10.3. The molecule has 3 rings (SSSR count). The summed E-state index contributed by atoms with van der Waals surface area (Å²) >= 11 is 6.01. The first-order valence-corrected chi connectivity index (χ1v) is 8.86. The van der Waals surface area contributed by atoms with Crippen LogP contribution in [0.15, 0.2) is 46.3 Å². The molecule has 0 radical (unpaired) electrons. The van der Waals surface area contributed by atoms with Crippen LogP contribution in [0.25, 0.3) is 10.9 Å². The van der Waals surface area contributed by atoms with Gasteiger partial charge in [0.25, 0.3) is 5.56 Å². The minimum atomic E-state index is -0.132. The molecule has 0 spiro atoms. The molecule has 0 amide bonds. The van der Waals surface area contributed by atoms with E-state index in [2.05, 4.69) is 15.5 Å². The predicted octanol–water partition coefficient (Wildman–Crippen LogP) is 3.62. The number of hydrogen-bond donors (Lipinski definition) is 2. The van der Waals surface area contributed by atoms with E-state index in [0.717, 1.165) is 0 Å². The molecule has 0 saturated heterocycles. The smallest absolute Gasteiger partial charge is 0.262 e. The van der Waals surface area contributed by atoms with Crippen molar-refractivity contribution in [3.8, 4) is 11.5 Å². The van der Waals surface area contributed by atoms with Gasteiger partial charge < -0.3 is 9.84 Å². The van der Waals surface area contributed by atoms with Crippen LogP contribution < -0.4 is 15.7 Å². The quantitative estimate of drug-likeness (QED) is 0.499. The minimum absolute atomic E-state index is 0.111. The molecule has 0 unspecified atom stereocenters. The summed E-state index contributed by atoms with van der Waals surface area (Å²) in [6.45, 7) is 4.52. The molecule has 1 aromatic heterocycles. The third-order valence-electron chi connectivity index (χ3n) is 3.91. The Bertz CT molecular complexity index is 1060. The number of benzene rings is 2. The highest BCUT2D eigenvalue weighted by atomic mass is 35.5. The van der Waals surface area contributed by atoms with Crippen LogP contribution in [-0.4, -0.2) is 27.5 Å². The van der Waals surface area contributed by atoms with Crippen molar-refractivity contribution >= 4 is 34.7 Å². The van der Waals surface area contributed by atoms with Crippen molar-refractivity contribution < 1.29 is 9.84 Å². The maximum absolute atomic E-state index is 12.6. The molecule has 2 N–H and O–H groups in total. The van der Waals surface area contributed by atoms with Gasteiger partial charge in [0.2, 0.25) is 5.95 Å². The highest BCUT2D eigenvalue weighted by Gasteiger charge is 2.10. The first-order valence-electron chi connectivity index (χ1n) is 8.49. The number of phenolic OH excluding ortho intramolecular Hbond substituents is 1. The lowest BCUT2D eigenvalue weighted by Gasteiger charge is -2.10. The Morgan fingerprint density at radius 2 is 2.11 bits per heavy atom. The molecule has 140 valence electrons. The summed E-state index contributed by atoms with van der Waals surface area (Å²) in [4.78, 5) is 17.0. The largest absolute Gasteiger partial charge is 0.503 e. The fourth-order valence-electron chi connectivity index (χ4n) is 2.65. The molecule has 0 saturated carbocycles. The number of rotatable bonds is 6. The van der Waals surface area contributed by atoms with Gasteiger partial charge in [0, 0.05) is 6.54 Å². The number of phenols is 1. The lowest BCUT2D eigenvalue weighted by atomic mass is 10.2. The van der Waals surface area contributed by atoms with Gasteiger partial charge in [0.05, 0.1) is 28.7 Å². The number of nitrogens with zero attached hydrogens (tertiary/aromatic N) is 3. The first kappa shape index (κ1) is 18.7. The highest BCUT2D eigenvalue weighted by molar-refractivity contribution is 6.32. The molecule has 3 aromatic rings. The molecule has 0 aliphatic rings. The first-order chi connectivity index (χ1) is 13.0. The zero-order valence-corrected chi connectivity index (χ0v) is 15.7. The molecule has 7 nitrogen and oxygen atoms in total. The van der Waals surface area contributed by atoms with Crippen LogP contribution in [-0.2, 0) is 6.54 Å². The van der Waals surface area contributed by atoms with Crippen molar-refractivity contribution in [3.05, 3.63) is 57.3 Å². The predicted molar refractivity (Wildman–Crippen MR) is 107 cm³/mol. The van der Waals surface area contributed by atoms with Gasteiger partial charge in [-0.1, -0.05) is 23.7 Å². The Hall–Kier alpha value is -3.06. The Labute approximate surface area is 160 Å². The van der Waals surface area contributed by atoms with Crippen LogP contribution in [0.3, 0.4) is 0 Å². The van der Waals surface area contributed by atoms with E-state index in [4.69, 9.17) is 16.3 Å². The second-order valence-corrected chi connectivity index (χ2v) is 6.06. The van der Waals surface area contributed by atoms with Gasteiger partial charge in [-0.3, -0.25) is 9.36 Å². The molecule has 8 heteroatoms. The van der Waals surface area contributed by atoms with Gasteiger partial charge in [0.1, 0.15) is 0 Å². The summed E-state index contributed by atoms with van der Waals surface area (Å²) in [6.07, 6.45) is 1.51. The molecule has 1 heterocycles. The highest BCUT2D eigenvalue weighted by Crippen LogP contribution is 2.34. The van der Waals surface area contributed by atoms with E-state index >= 15 is 0 Å². The SMILES string of the molecule is CCOc1cc(/C=N/Nc2nc3ccccc3c(=O)n2CC)cc(Cl)c1O. The van der Waals surface area contributed by atoms with Gasteiger partial charge in [-0.25, -0.2) is 10.4 Å². The van der Waals surface area contributed by atoms with Crippen LogP contribution in [0.5, 0.6) is 11.5 Å². The lowest BCUT2D eigenvalue weighted by molar-refractivity contribution is 0.318. The summed E-state index contributed by atoms with van der Waals surface area (Å²) in [5, 5.41) is 14.8. The lowest BCUT2D eigenvalue weighted by Crippen LogP contribution is -2.23. The number of anilines is 1. The number of aromatic hydroxyl groups is 1. The average Bonchev–Trinajstić information content (AvgIpc) is 2.66. The Balaban J connectivity index is 1.92. The second-order valence-electron chi connectivity index (χ2n) is 5.65. The van der Waals surface area contributed by atoms with E-state index in [-0.39, 0.29) is 22.1 Å². The number of hydrazone groups is 1. The topological polar surface area (TPSA) is 88.7 Å². The van der Waals surface area contributed by atoms with Gasteiger partial charge >= 0.3 is 0 Å². The molecule has 2 aromatic carbocycles. The molecular formula is C19H19ClN4O3. The Morgan fingerprint density at radius 3 is 2.85 bits per heavy atom. The fraction of sp³-hybridized carbons (Fsp3) is 0.211. The maximum Gasteiger partial charge on any atom is 0.262 e. The van der Waals surface area contributed by atoms with E-state index in [1.54, 1.807) is 30.3 Å². The number of hydrogen-bond acceptors (Lipinski definition) is 6. The summed E-state index contributed by atoms with van der Waals surface area (Å²) in [7, 11) is 0. The zero-order valence-electron chi connectivity index (χ0n) is 14.9. The number of para-hydroxylation sites is 1. The number of nitrogens with one attached hydrogen (secondary N) is 1. The molecule has 0 aliphatic carbocycles. The minimum Gasteiger partial charge on any atom is -0.503 e. The van der Waals surface area contributed by atoms with Crippen molar-refractivity contribution in [1.29, 1.82) is 0 Å². The van der Waals surface area contributed by atoms with E-state index < -0.39 is 0 Å². The van der Waals surface area contributed by atoms with E-state index in [0.29, 0.717) is 35.6 Å². The molecule has 0 aliphatic heterocycles. The van der Waals surface area contributed by atoms with Gasteiger partial charge in [-0.15, -0.1) is 0 Å². The van der Waals surface area contributed by atoms with Crippen molar-refractivity contribution in [1.82, 2.24) is 9.55 Å². The van der Waals surface area contributed by atoms with Crippen LogP contribution >= 0.6 is 11.6 Å². The third-order valence-corrected chi connectivity index (χ3v) is 4.19. The monoisotopic (exact) mass is 386 g/mol. The van der Waals surface area contributed by atoms with Gasteiger partial charge in [-0.2, -0.15) is 5.10 Å². The van der Waals surface area contributed by atoms with Crippen LogP contribution in [0.1, 0.15) is 19.4 Å².